The van der Waals surface area contributed by atoms with E-state index in [1.807, 2.05) is 35.8 Å². The van der Waals surface area contributed by atoms with E-state index in [4.69, 9.17) is 16.7 Å². The lowest BCUT2D eigenvalue weighted by Crippen LogP contribution is -2.38. The highest BCUT2D eigenvalue weighted by Crippen LogP contribution is 2.14. The van der Waals surface area contributed by atoms with Crippen molar-refractivity contribution in [3.63, 3.8) is 0 Å². The van der Waals surface area contributed by atoms with Crippen LogP contribution >= 0.6 is 35.6 Å². The number of aromatic nitrogens is 1. The van der Waals surface area contributed by atoms with Crippen molar-refractivity contribution >= 4 is 41.5 Å². The van der Waals surface area contributed by atoms with Gasteiger partial charge in [-0.2, -0.15) is 0 Å². The predicted octanol–water partition coefficient (Wildman–Crippen LogP) is 3.14. The van der Waals surface area contributed by atoms with Crippen molar-refractivity contribution in [2.24, 2.45) is 12.0 Å². The van der Waals surface area contributed by atoms with E-state index in [9.17, 15) is 4.39 Å². The van der Waals surface area contributed by atoms with Crippen LogP contribution in [-0.4, -0.2) is 34.6 Å². The van der Waals surface area contributed by atoms with Gasteiger partial charge in [0.25, 0.3) is 0 Å². The Bertz CT molecular complexity index is 735. The van der Waals surface area contributed by atoms with Crippen molar-refractivity contribution in [1.29, 1.82) is 0 Å². The van der Waals surface area contributed by atoms with Crippen molar-refractivity contribution in [1.82, 2.24) is 14.8 Å². The fourth-order valence-corrected chi connectivity index (χ4v) is 2.74. The number of nitrogens with one attached hydrogen (secondary N) is 1. The Hall–Kier alpha value is -1.32. The lowest BCUT2D eigenvalue weighted by Gasteiger charge is -2.22. The molecule has 0 amide bonds. The molecule has 25 heavy (non-hydrogen) atoms. The minimum Gasteiger partial charge on any atom is -0.392 e. The number of aliphatic imine (C=N–C) groups is 1. The zero-order valence-corrected chi connectivity index (χ0v) is 17.5. The summed E-state index contributed by atoms with van der Waals surface area (Å²) in [5, 5.41) is 13.1. The van der Waals surface area contributed by atoms with Gasteiger partial charge >= 0.3 is 0 Å². The molecule has 0 fully saturated rings. The van der Waals surface area contributed by atoms with Gasteiger partial charge in [-0.1, -0.05) is 17.7 Å². The molecule has 138 valence electrons. The number of guanidine groups is 1. The highest BCUT2D eigenvalue weighted by Gasteiger charge is 2.10. The Morgan fingerprint density at radius 1 is 1.40 bits per heavy atom. The van der Waals surface area contributed by atoms with E-state index in [2.05, 4.69) is 10.3 Å². The molecule has 8 heteroatoms. The molecule has 0 saturated heterocycles. The van der Waals surface area contributed by atoms with Crippen LogP contribution in [0.5, 0.6) is 0 Å². The minimum atomic E-state index is -0.400. The molecule has 0 saturated carbocycles. The lowest BCUT2D eigenvalue weighted by molar-refractivity contribution is 0.275. The minimum absolute atomic E-state index is 0. The molecular weight excluding hydrogens is 458 g/mol. The number of benzene rings is 1. The second-order valence-electron chi connectivity index (χ2n) is 5.60. The van der Waals surface area contributed by atoms with E-state index in [1.54, 1.807) is 19.2 Å². The van der Waals surface area contributed by atoms with E-state index in [1.165, 1.54) is 6.07 Å². The van der Waals surface area contributed by atoms with Crippen molar-refractivity contribution in [3.8, 4) is 0 Å². The van der Waals surface area contributed by atoms with Gasteiger partial charge in [-0.3, -0.25) is 4.99 Å². The summed E-state index contributed by atoms with van der Waals surface area (Å²) in [5.74, 6) is 0.311. The molecule has 5 nitrogen and oxygen atoms in total. The third-order valence-electron chi connectivity index (χ3n) is 3.78. The average Bonchev–Trinajstić information content (AvgIpc) is 2.86. The fraction of sp³-hybridized carbons (Fsp3) is 0.353. The summed E-state index contributed by atoms with van der Waals surface area (Å²) >= 11 is 6.01. The van der Waals surface area contributed by atoms with Crippen LogP contribution in [0.15, 0.2) is 35.5 Å². The highest BCUT2D eigenvalue weighted by atomic mass is 127. The third kappa shape index (κ3) is 5.86. The first kappa shape index (κ1) is 21.7. The summed E-state index contributed by atoms with van der Waals surface area (Å²) in [5.41, 5.74) is 2.22. The molecule has 2 N–H and O–H groups in total. The van der Waals surface area contributed by atoms with Crippen molar-refractivity contribution in [2.75, 3.05) is 14.1 Å². The molecule has 1 aromatic carbocycles. The Morgan fingerprint density at radius 2 is 2.12 bits per heavy atom. The molecule has 0 spiro atoms. The SMILES string of the molecule is CN=C(NCc1ccc(F)c(CO)c1)N(C)Cc1cc(Cl)cn1C.I. The van der Waals surface area contributed by atoms with Gasteiger partial charge < -0.3 is 19.9 Å². The van der Waals surface area contributed by atoms with Gasteiger partial charge in [-0.05, 0) is 23.8 Å². The smallest absolute Gasteiger partial charge is 0.194 e. The summed E-state index contributed by atoms with van der Waals surface area (Å²) in [6.45, 7) is 0.814. The van der Waals surface area contributed by atoms with Gasteiger partial charge in [0, 0.05) is 45.1 Å². The van der Waals surface area contributed by atoms with Crippen molar-refractivity contribution in [3.05, 3.63) is 58.1 Å². The maximum atomic E-state index is 13.4. The van der Waals surface area contributed by atoms with Crippen LogP contribution in [-0.2, 0) is 26.7 Å². The van der Waals surface area contributed by atoms with Gasteiger partial charge in [0.05, 0.1) is 18.2 Å². The Kier molecular flexibility index (Phi) is 8.67. The number of hydrogen-bond acceptors (Lipinski definition) is 2. The second kappa shape index (κ2) is 9.98. The topological polar surface area (TPSA) is 52.8 Å². The number of aliphatic hydroxyl groups excluding tert-OH is 1. The molecule has 0 aliphatic carbocycles. The molecule has 1 aromatic heterocycles. The zero-order valence-electron chi connectivity index (χ0n) is 14.5. The fourth-order valence-electron chi connectivity index (χ4n) is 2.47. The van der Waals surface area contributed by atoms with E-state index < -0.39 is 5.82 Å². The van der Waals surface area contributed by atoms with Crippen LogP contribution in [0.25, 0.3) is 0 Å². The molecule has 0 aliphatic rings. The Morgan fingerprint density at radius 3 is 2.68 bits per heavy atom. The van der Waals surface area contributed by atoms with Gasteiger partial charge in [0.2, 0.25) is 0 Å². The monoisotopic (exact) mass is 480 g/mol. The molecule has 0 bridgehead atoms. The van der Waals surface area contributed by atoms with Crippen LogP contribution in [0.1, 0.15) is 16.8 Å². The largest absolute Gasteiger partial charge is 0.392 e. The lowest BCUT2D eigenvalue weighted by atomic mass is 10.1. The Labute approximate surface area is 169 Å². The molecule has 0 radical (unpaired) electrons. The Balaban J connectivity index is 0.00000312. The maximum absolute atomic E-state index is 13.4. The second-order valence-corrected chi connectivity index (χ2v) is 6.04. The first-order valence-electron chi connectivity index (χ1n) is 7.55. The van der Waals surface area contributed by atoms with Gasteiger partial charge in [-0.25, -0.2) is 4.39 Å². The normalized spacial score (nSPS) is 11.2. The molecule has 1 heterocycles. The quantitative estimate of drug-likeness (QED) is 0.393. The van der Waals surface area contributed by atoms with E-state index in [-0.39, 0.29) is 36.1 Å². The van der Waals surface area contributed by atoms with E-state index in [0.29, 0.717) is 24.1 Å². The summed E-state index contributed by atoms with van der Waals surface area (Å²) in [6, 6.07) is 6.61. The number of rotatable bonds is 5. The average molecular weight is 481 g/mol. The van der Waals surface area contributed by atoms with Crippen LogP contribution in [0, 0.1) is 5.82 Å². The predicted molar refractivity (Wildman–Crippen MR) is 110 cm³/mol. The van der Waals surface area contributed by atoms with E-state index >= 15 is 0 Å². The van der Waals surface area contributed by atoms with Crippen LogP contribution in [0.4, 0.5) is 4.39 Å². The first-order chi connectivity index (χ1) is 11.4. The summed E-state index contributed by atoms with van der Waals surface area (Å²) in [7, 11) is 5.58. The summed E-state index contributed by atoms with van der Waals surface area (Å²) in [6.07, 6.45) is 1.86. The van der Waals surface area contributed by atoms with Gasteiger partial charge in [0.15, 0.2) is 5.96 Å². The number of aryl methyl sites for hydroxylation is 1. The number of nitrogens with zero attached hydrogens (tertiary/aromatic N) is 3. The van der Waals surface area contributed by atoms with Gasteiger partial charge in [0.1, 0.15) is 5.82 Å². The molecule has 0 unspecified atom stereocenters. The van der Waals surface area contributed by atoms with Crippen molar-refractivity contribution in [2.45, 2.75) is 19.7 Å². The van der Waals surface area contributed by atoms with Crippen molar-refractivity contribution < 1.29 is 9.50 Å². The number of hydrogen-bond donors (Lipinski definition) is 2. The van der Waals surface area contributed by atoms with Crippen LogP contribution in [0.3, 0.4) is 0 Å². The van der Waals surface area contributed by atoms with Crippen LogP contribution < -0.4 is 5.32 Å². The maximum Gasteiger partial charge on any atom is 0.194 e. The standard InChI is InChI=1S/C17H22ClFN4O.HI/c1-20-17(23(3)10-15-7-14(18)9-22(15)2)21-8-12-4-5-16(19)13(6-12)11-24;/h4-7,9,24H,8,10-11H2,1-3H3,(H,20,21);1H. The summed E-state index contributed by atoms with van der Waals surface area (Å²) < 4.78 is 15.4. The molecule has 2 rings (SSSR count). The first-order valence-corrected chi connectivity index (χ1v) is 7.93. The molecule has 0 atom stereocenters. The molecule has 2 aromatic rings. The molecular formula is C17H23ClFIN4O. The summed E-state index contributed by atoms with van der Waals surface area (Å²) in [4.78, 5) is 6.24. The zero-order chi connectivity index (χ0) is 17.7. The van der Waals surface area contributed by atoms with E-state index in [0.717, 1.165) is 11.3 Å². The highest BCUT2D eigenvalue weighted by molar-refractivity contribution is 14.0. The van der Waals surface area contributed by atoms with Crippen LogP contribution in [0.2, 0.25) is 5.02 Å². The number of aliphatic hydroxyl groups is 1. The number of halogens is 3. The molecule has 0 aliphatic heterocycles. The third-order valence-corrected chi connectivity index (χ3v) is 3.98. The van der Waals surface area contributed by atoms with Gasteiger partial charge in [-0.15, -0.1) is 24.0 Å².